The van der Waals surface area contributed by atoms with Gasteiger partial charge in [0.2, 0.25) is 0 Å². The second-order valence-corrected chi connectivity index (χ2v) is 3.25. The molecule has 2 nitrogen and oxygen atoms in total. The Bertz CT molecular complexity index is 140. The van der Waals surface area contributed by atoms with Crippen LogP contribution in [-0.2, 0) is 0 Å². The summed E-state index contributed by atoms with van der Waals surface area (Å²) in [5.74, 6) is 0.336. The smallest absolute Gasteiger partial charge is 0.0656 e. The number of hydrogen-bond acceptors (Lipinski definition) is 2. The summed E-state index contributed by atoms with van der Waals surface area (Å²) in [5, 5.41) is 8.64. The van der Waals surface area contributed by atoms with Gasteiger partial charge in [0, 0.05) is 5.92 Å². The maximum absolute atomic E-state index is 8.64. The zero-order valence-electron chi connectivity index (χ0n) is 7.21. The molecule has 11 heavy (non-hydrogen) atoms. The topological polar surface area (TPSA) is 27.0 Å². The molecule has 0 saturated carbocycles. The van der Waals surface area contributed by atoms with Gasteiger partial charge >= 0.3 is 0 Å². The van der Waals surface area contributed by atoms with E-state index in [4.69, 9.17) is 5.26 Å². The van der Waals surface area contributed by atoms with Crippen LogP contribution in [0.25, 0.3) is 0 Å². The third kappa shape index (κ3) is 2.51. The van der Waals surface area contributed by atoms with Crippen molar-refractivity contribution in [3.8, 4) is 6.07 Å². The van der Waals surface area contributed by atoms with E-state index in [1.54, 1.807) is 0 Å². The van der Waals surface area contributed by atoms with Gasteiger partial charge in [0.05, 0.1) is 6.07 Å². The molecule has 62 valence electrons. The molecule has 1 aliphatic heterocycles. The number of likely N-dealkylation sites (tertiary alicyclic amines) is 1. The first-order valence-electron chi connectivity index (χ1n) is 4.48. The number of rotatable bonds is 2. The fourth-order valence-electron chi connectivity index (χ4n) is 1.60. The van der Waals surface area contributed by atoms with Crippen molar-refractivity contribution in [2.24, 2.45) is 5.92 Å². The number of nitriles is 1. The van der Waals surface area contributed by atoms with Gasteiger partial charge in [-0.1, -0.05) is 6.92 Å². The molecule has 0 aromatic carbocycles. The van der Waals surface area contributed by atoms with E-state index in [1.165, 1.54) is 13.0 Å². The van der Waals surface area contributed by atoms with E-state index in [9.17, 15) is 0 Å². The SMILES string of the molecule is CCCN1CCC(C#N)CC1. The lowest BCUT2D eigenvalue weighted by Crippen LogP contribution is -2.33. The molecule has 1 heterocycles. The first kappa shape index (κ1) is 8.55. The highest BCUT2D eigenvalue weighted by Crippen LogP contribution is 2.15. The highest BCUT2D eigenvalue weighted by atomic mass is 15.1. The first-order chi connectivity index (χ1) is 5.36. The highest BCUT2D eigenvalue weighted by Gasteiger charge is 2.17. The number of piperidine rings is 1. The van der Waals surface area contributed by atoms with Crippen molar-refractivity contribution in [2.45, 2.75) is 26.2 Å². The van der Waals surface area contributed by atoms with Crippen LogP contribution in [0.15, 0.2) is 0 Å². The van der Waals surface area contributed by atoms with E-state index < -0.39 is 0 Å². The Morgan fingerprint density at radius 3 is 2.55 bits per heavy atom. The summed E-state index contributed by atoms with van der Waals surface area (Å²) in [6, 6.07) is 2.34. The Hall–Kier alpha value is -0.550. The molecule has 0 unspecified atom stereocenters. The maximum atomic E-state index is 8.64. The van der Waals surface area contributed by atoms with Gasteiger partial charge in [-0.3, -0.25) is 0 Å². The average molecular weight is 152 g/mol. The zero-order chi connectivity index (χ0) is 8.10. The van der Waals surface area contributed by atoms with Gasteiger partial charge in [0.25, 0.3) is 0 Å². The molecule has 0 aromatic heterocycles. The van der Waals surface area contributed by atoms with Gasteiger partial charge in [-0.2, -0.15) is 5.26 Å². The van der Waals surface area contributed by atoms with Crippen molar-refractivity contribution in [1.29, 1.82) is 5.26 Å². The summed E-state index contributed by atoms with van der Waals surface area (Å²) in [6.07, 6.45) is 3.39. The van der Waals surface area contributed by atoms with Crippen molar-refractivity contribution >= 4 is 0 Å². The van der Waals surface area contributed by atoms with Crippen LogP contribution in [0.4, 0.5) is 0 Å². The second-order valence-electron chi connectivity index (χ2n) is 3.25. The molecular weight excluding hydrogens is 136 g/mol. The Labute approximate surface area is 68.8 Å². The normalized spacial score (nSPS) is 21.5. The quantitative estimate of drug-likeness (QED) is 0.601. The summed E-state index contributed by atoms with van der Waals surface area (Å²) < 4.78 is 0. The van der Waals surface area contributed by atoms with Gasteiger partial charge in [0.15, 0.2) is 0 Å². The predicted octanol–water partition coefficient (Wildman–Crippen LogP) is 1.63. The fourth-order valence-corrected chi connectivity index (χ4v) is 1.60. The zero-order valence-corrected chi connectivity index (χ0v) is 7.21. The molecule has 0 N–H and O–H groups in total. The molecule has 0 radical (unpaired) electrons. The Morgan fingerprint density at radius 2 is 2.09 bits per heavy atom. The molecular formula is C9H16N2. The molecule has 1 rings (SSSR count). The van der Waals surface area contributed by atoms with E-state index in [0.29, 0.717) is 5.92 Å². The molecule has 0 bridgehead atoms. The molecule has 0 amide bonds. The summed E-state index contributed by atoms with van der Waals surface area (Å²) in [4.78, 5) is 2.45. The largest absolute Gasteiger partial charge is 0.303 e. The molecule has 1 saturated heterocycles. The highest BCUT2D eigenvalue weighted by molar-refractivity contribution is 4.87. The van der Waals surface area contributed by atoms with E-state index >= 15 is 0 Å². The lowest BCUT2D eigenvalue weighted by atomic mass is 9.99. The summed E-state index contributed by atoms with van der Waals surface area (Å²) in [6.45, 7) is 5.67. The first-order valence-corrected chi connectivity index (χ1v) is 4.48. The molecule has 1 fully saturated rings. The van der Waals surface area contributed by atoms with E-state index in [-0.39, 0.29) is 0 Å². The minimum atomic E-state index is 0.336. The van der Waals surface area contributed by atoms with E-state index in [0.717, 1.165) is 25.9 Å². The molecule has 0 aliphatic carbocycles. The van der Waals surface area contributed by atoms with E-state index in [2.05, 4.69) is 17.9 Å². The number of hydrogen-bond donors (Lipinski definition) is 0. The Kier molecular flexibility index (Phi) is 3.38. The number of nitrogens with zero attached hydrogens (tertiary/aromatic N) is 2. The maximum Gasteiger partial charge on any atom is 0.0656 e. The van der Waals surface area contributed by atoms with Crippen LogP contribution >= 0.6 is 0 Å². The van der Waals surface area contributed by atoms with Crippen LogP contribution < -0.4 is 0 Å². The van der Waals surface area contributed by atoms with Gasteiger partial charge in [-0.15, -0.1) is 0 Å². The van der Waals surface area contributed by atoms with Crippen molar-refractivity contribution in [3.05, 3.63) is 0 Å². The molecule has 0 aromatic rings. The average Bonchev–Trinajstić information content (AvgIpc) is 2.07. The summed E-state index contributed by atoms with van der Waals surface area (Å²) in [5.41, 5.74) is 0. The third-order valence-corrected chi connectivity index (χ3v) is 2.31. The molecule has 0 atom stereocenters. The summed E-state index contributed by atoms with van der Waals surface area (Å²) in [7, 11) is 0. The minimum absolute atomic E-state index is 0.336. The van der Waals surface area contributed by atoms with Crippen molar-refractivity contribution in [2.75, 3.05) is 19.6 Å². The fraction of sp³-hybridized carbons (Fsp3) is 0.889. The molecule has 1 aliphatic rings. The third-order valence-electron chi connectivity index (χ3n) is 2.31. The lowest BCUT2D eigenvalue weighted by molar-refractivity contribution is 0.206. The van der Waals surface area contributed by atoms with Crippen molar-refractivity contribution < 1.29 is 0 Å². The van der Waals surface area contributed by atoms with Crippen LogP contribution in [0.3, 0.4) is 0 Å². The van der Waals surface area contributed by atoms with Crippen LogP contribution in [0.5, 0.6) is 0 Å². The summed E-state index contributed by atoms with van der Waals surface area (Å²) >= 11 is 0. The monoisotopic (exact) mass is 152 g/mol. The predicted molar refractivity (Wildman–Crippen MR) is 45.1 cm³/mol. The minimum Gasteiger partial charge on any atom is -0.303 e. The van der Waals surface area contributed by atoms with E-state index in [1.807, 2.05) is 0 Å². The lowest BCUT2D eigenvalue weighted by Gasteiger charge is -2.28. The Morgan fingerprint density at radius 1 is 1.45 bits per heavy atom. The molecule has 2 heteroatoms. The van der Waals surface area contributed by atoms with Crippen LogP contribution in [-0.4, -0.2) is 24.5 Å². The van der Waals surface area contributed by atoms with Crippen LogP contribution in [0, 0.1) is 17.2 Å². The van der Waals surface area contributed by atoms with Crippen molar-refractivity contribution in [1.82, 2.24) is 4.90 Å². The second kappa shape index (κ2) is 4.35. The van der Waals surface area contributed by atoms with Gasteiger partial charge in [-0.05, 0) is 38.9 Å². The van der Waals surface area contributed by atoms with Gasteiger partial charge in [-0.25, -0.2) is 0 Å². The van der Waals surface area contributed by atoms with Crippen LogP contribution in [0.1, 0.15) is 26.2 Å². The van der Waals surface area contributed by atoms with Gasteiger partial charge < -0.3 is 4.90 Å². The van der Waals surface area contributed by atoms with Crippen LogP contribution in [0.2, 0.25) is 0 Å². The molecule has 0 spiro atoms. The Balaban J connectivity index is 2.20. The van der Waals surface area contributed by atoms with Crippen molar-refractivity contribution in [3.63, 3.8) is 0 Å². The standard InChI is InChI=1S/C9H16N2/c1-2-5-11-6-3-9(8-10)4-7-11/h9H,2-7H2,1H3. The van der Waals surface area contributed by atoms with Gasteiger partial charge in [0.1, 0.15) is 0 Å².